The summed E-state index contributed by atoms with van der Waals surface area (Å²) in [6, 6.07) is 19.1. The number of amides is 1. The van der Waals surface area contributed by atoms with Gasteiger partial charge in [-0.2, -0.15) is 0 Å². The van der Waals surface area contributed by atoms with Crippen LogP contribution in [0.25, 0.3) is 0 Å². The van der Waals surface area contributed by atoms with Crippen LogP contribution in [-0.2, 0) is 6.42 Å². The van der Waals surface area contributed by atoms with Gasteiger partial charge in [0.25, 0.3) is 5.91 Å². The van der Waals surface area contributed by atoms with Gasteiger partial charge in [-0.3, -0.25) is 9.69 Å². The van der Waals surface area contributed by atoms with Gasteiger partial charge >= 0.3 is 0 Å². The van der Waals surface area contributed by atoms with Gasteiger partial charge in [0.2, 0.25) is 0 Å². The molecule has 1 N–H and O–H groups in total. The van der Waals surface area contributed by atoms with E-state index in [1.165, 1.54) is 5.56 Å². The van der Waals surface area contributed by atoms with Crippen molar-refractivity contribution < 1.29 is 4.79 Å². The first-order valence-corrected chi connectivity index (χ1v) is 9.14. The Balaban J connectivity index is 2.00. The van der Waals surface area contributed by atoms with Crippen molar-refractivity contribution in [3.63, 3.8) is 0 Å². The Morgan fingerprint density at radius 1 is 0.920 bits per heavy atom. The smallest absolute Gasteiger partial charge is 0.251 e. The molecular formula is C22H30N2O. The minimum atomic E-state index is 0.0130. The standard InChI is InChI=1S/C22H30N2O/c1-17(2)24(18(3)4)15-14-23-22(25)21-13-9-8-12-20(21)16-19-10-6-5-7-11-19/h5-13,17-18H,14-16H2,1-4H3,(H,23,25). The molecule has 3 nitrogen and oxygen atoms in total. The van der Waals surface area contributed by atoms with Crippen molar-refractivity contribution in [3.8, 4) is 0 Å². The van der Waals surface area contributed by atoms with E-state index in [9.17, 15) is 4.79 Å². The van der Waals surface area contributed by atoms with Crippen molar-refractivity contribution in [2.75, 3.05) is 13.1 Å². The van der Waals surface area contributed by atoms with E-state index >= 15 is 0 Å². The fraction of sp³-hybridized carbons (Fsp3) is 0.409. The van der Waals surface area contributed by atoms with Crippen LogP contribution in [0.3, 0.4) is 0 Å². The van der Waals surface area contributed by atoms with Gasteiger partial charge in [-0.15, -0.1) is 0 Å². The van der Waals surface area contributed by atoms with Crippen molar-refractivity contribution in [3.05, 3.63) is 71.3 Å². The molecule has 0 aliphatic carbocycles. The zero-order chi connectivity index (χ0) is 18.2. The first-order valence-electron chi connectivity index (χ1n) is 9.14. The molecule has 0 aliphatic rings. The minimum absolute atomic E-state index is 0.0130. The van der Waals surface area contributed by atoms with Crippen LogP contribution in [0.1, 0.15) is 49.2 Å². The van der Waals surface area contributed by atoms with Crippen molar-refractivity contribution in [2.45, 2.75) is 46.2 Å². The lowest BCUT2D eigenvalue weighted by Crippen LogP contribution is -2.42. The van der Waals surface area contributed by atoms with Crippen LogP contribution in [-0.4, -0.2) is 36.0 Å². The summed E-state index contributed by atoms with van der Waals surface area (Å²) >= 11 is 0. The molecule has 1 amide bonds. The molecule has 0 aliphatic heterocycles. The van der Waals surface area contributed by atoms with Gasteiger partial charge in [0, 0.05) is 30.7 Å². The fourth-order valence-electron chi connectivity index (χ4n) is 3.22. The highest BCUT2D eigenvalue weighted by Gasteiger charge is 2.15. The summed E-state index contributed by atoms with van der Waals surface area (Å²) in [5, 5.41) is 3.08. The second kappa shape index (κ2) is 9.38. The predicted molar refractivity (Wildman–Crippen MR) is 105 cm³/mol. The zero-order valence-electron chi connectivity index (χ0n) is 15.8. The number of nitrogens with zero attached hydrogens (tertiary/aromatic N) is 1. The highest BCUT2D eigenvalue weighted by Crippen LogP contribution is 2.14. The lowest BCUT2D eigenvalue weighted by Gasteiger charge is -2.30. The monoisotopic (exact) mass is 338 g/mol. The van der Waals surface area contributed by atoms with E-state index in [4.69, 9.17) is 0 Å². The lowest BCUT2D eigenvalue weighted by atomic mass is 9.99. The molecule has 2 aromatic rings. The molecule has 25 heavy (non-hydrogen) atoms. The number of nitrogens with one attached hydrogen (secondary N) is 1. The quantitative estimate of drug-likeness (QED) is 0.785. The van der Waals surface area contributed by atoms with Crippen molar-refractivity contribution in [1.29, 1.82) is 0 Å². The lowest BCUT2D eigenvalue weighted by molar-refractivity contribution is 0.0938. The average Bonchev–Trinajstić information content (AvgIpc) is 2.59. The van der Waals surface area contributed by atoms with Gasteiger partial charge in [0.1, 0.15) is 0 Å². The molecule has 134 valence electrons. The van der Waals surface area contributed by atoms with Gasteiger partial charge in [0.05, 0.1) is 0 Å². The number of benzene rings is 2. The number of carbonyl (C=O) groups is 1. The van der Waals surface area contributed by atoms with Gasteiger partial charge in [-0.1, -0.05) is 48.5 Å². The Kier molecular flexibility index (Phi) is 7.20. The van der Waals surface area contributed by atoms with E-state index in [2.05, 4.69) is 50.0 Å². The van der Waals surface area contributed by atoms with E-state index in [1.807, 2.05) is 42.5 Å². The molecule has 0 spiro atoms. The maximum Gasteiger partial charge on any atom is 0.251 e. The summed E-state index contributed by atoms with van der Waals surface area (Å²) in [5.41, 5.74) is 3.05. The summed E-state index contributed by atoms with van der Waals surface area (Å²) in [6.45, 7) is 10.3. The SMILES string of the molecule is CC(C)N(CCNC(=O)c1ccccc1Cc1ccccc1)C(C)C. The Morgan fingerprint density at radius 2 is 1.52 bits per heavy atom. The molecule has 0 saturated carbocycles. The van der Waals surface area contributed by atoms with E-state index in [-0.39, 0.29) is 5.91 Å². The Bertz CT molecular complexity index is 657. The van der Waals surface area contributed by atoms with E-state index in [1.54, 1.807) is 0 Å². The first kappa shape index (κ1) is 19.2. The summed E-state index contributed by atoms with van der Waals surface area (Å²) in [6.07, 6.45) is 0.772. The van der Waals surface area contributed by atoms with Crippen molar-refractivity contribution >= 4 is 5.91 Å². The normalized spacial score (nSPS) is 11.3. The van der Waals surface area contributed by atoms with Crippen LogP contribution in [0, 0.1) is 0 Å². The number of rotatable bonds is 8. The fourth-order valence-corrected chi connectivity index (χ4v) is 3.22. The van der Waals surface area contributed by atoms with Crippen LogP contribution in [0.2, 0.25) is 0 Å². The van der Waals surface area contributed by atoms with Crippen LogP contribution in [0.15, 0.2) is 54.6 Å². The van der Waals surface area contributed by atoms with E-state index < -0.39 is 0 Å². The Morgan fingerprint density at radius 3 is 2.16 bits per heavy atom. The highest BCUT2D eigenvalue weighted by atomic mass is 16.1. The summed E-state index contributed by atoms with van der Waals surface area (Å²) < 4.78 is 0. The summed E-state index contributed by atoms with van der Waals surface area (Å²) in [7, 11) is 0. The third-order valence-corrected chi connectivity index (χ3v) is 4.48. The molecular weight excluding hydrogens is 308 g/mol. The largest absolute Gasteiger partial charge is 0.351 e. The van der Waals surface area contributed by atoms with Crippen LogP contribution < -0.4 is 5.32 Å². The topological polar surface area (TPSA) is 32.3 Å². The van der Waals surface area contributed by atoms with Gasteiger partial charge in [-0.25, -0.2) is 0 Å². The van der Waals surface area contributed by atoms with E-state index in [0.29, 0.717) is 18.6 Å². The molecule has 0 aromatic heterocycles. The third-order valence-electron chi connectivity index (χ3n) is 4.48. The maximum atomic E-state index is 12.6. The van der Waals surface area contributed by atoms with Crippen LogP contribution in [0.4, 0.5) is 0 Å². The average molecular weight is 338 g/mol. The molecule has 0 saturated heterocycles. The van der Waals surface area contributed by atoms with Crippen LogP contribution >= 0.6 is 0 Å². The second-order valence-corrected chi connectivity index (χ2v) is 7.00. The molecule has 0 fully saturated rings. The maximum absolute atomic E-state index is 12.6. The predicted octanol–water partition coefficient (Wildman–Crippen LogP) is 4.13. The molecule has 2 aromatic carbocycles. The number of hydrogen-bond donors (Lipinski definition) is 1. The van der Waals surface area contributed by atoms with Gasteiger partial charge < -0.3 is 5.32 Å². The molecule has 0 atom stereocenters. The number of hydrogen-bond acceptors (Lipinski definition) is 2. The summed E-state index contributed by atoms with van der Waals surface area (Å²) in [4.78, 5) is 15.0. The molecule has 0 heterocycles. The third kappa shape index (κ3) is 5.71. The van der Waals surface area contributed by atoms with E-state index in [0.717, 1.165) is 24.1 Å². The molecule has 2 rings (SSSR count). The molecule has 3 heteroatoms. The van der Waals surface area contributed by atoms with Crippen molar-refractivity contribution in [1.82, 2.24) is 10.2 Å². The van der Waals surface area contributed by atoms with Gasteiger partial charge in [-0.05, 0) is 51.3 Å². The van der Waals surface area contributed by atoms with Crippen molar-refractivity contribution in [2.24, 2.45) is 0 Å². The Hall–Kier alpha value is -2.13. The number of carbonyl (C=O) groups excluding carboxylic acids is 1. The zero-order valence-corrected chi connectivity index (χ0v) is 15.8. The molecule has 0 radical (unpaired) electrons. The highest BCUT2D eigenvalue weighted by molar-refractivity contribution is 5.95. The summed E-state index contributed by atoms with van der Waals surface area (Å²) in [5.74, 6) is 0.0130. The second-order valence-electron chi connectivity index (χ2n) is 7.00. The molecule has 0 unspecified atom stereocenters. The van der Waals surface area contributed by atoms with Gasteiger partial charge in [0.15, 0.2) is 0 Å². The first-order chi connectivity index (χ1) is 12.0. The minimum Gasteiger partial charge on any atom is -0.351 e. The van der Waals surface area contributed by atoms with Crippen LogP contribution in [0.5, 0.6) is 0 Å². The Labute approximate surface area is 152 Å². The molecule has 0 bridgehead atoms.